The van der Waals surface area contributed by atoms with Gasteiger partial charge in [-0.25, -0.2) is 4.99 Å². The molecule has 1 fully saturated rings. The summed E-state index contributed by atoms with van der Waals surface area (Å²) in [5.41, 5.74) is 0.877. The molecule has 2 N–H and O–H groups in total. The van der Waals surface area contributed by atoms with Crippen LogP contribution in [0.15, 0.2) is 35.3 Å². The van der Waals surface area contributed by atoms with Crippen LogP contribution in [0.5, 0.6) is 0 Å². The van der Waals surface area contributed by atoms with E-state index in [1.165, 1.54) is 5.56 Å². The first-order chi connectivity index (χ1) is 13.3. The van der Waals surface area contributed by atoms with E-state index in [-0.39, 0.29) is 12.5 Å². The first kappa shape index (κ1) is 22.2. The topological polar surface area (TPSA) is 66.0 Å². The first-order valence-electron chi connectivity index (χ1n) is 10.3. The fourth-order valence-corrected chi connectivity index (χ4v) is 3.40. The van der Waals surface area contributed by atoms with Crippen molar-refractivity contribution in [3.63, 3.8) is 0 Å². The molecule has 1 aliphatic heterocycles. The Balaban J connectivity index is 1.84. The average molecular weight is 389 g/mol. The van der Waals surface area contributed by atoms with E-state index in [2.05, 4.69) is 57.8 Å². The van der Waals surface area contributed by atoms with Crippen LogP contribution in [0, 0.1) is 0 Å². The molecule has 156 valence electrons. The minimum Gasteiger partial charge on any atom is -0.459 e. The van der Waals surface area contributed by atoms with Crippen molar-refractivity contribution in [2.45, 2.75) is 65.1 Å². The maximum atomic E-state index is 11.9. The van der Waals surface area contributed by atoms with Crippen molar-refractivity contribution >= 4 is 11.9 Å². The van der Waals surface area contributed by atoms with Gasteiger partial charge in [0.25, 0.3) is 0 Å². The van der Waals surface area contributed by atoms with Gasteiger partial charge in [-0.1, -0.05) is 30.3 Å². The van der Waals surface area contributed by atoms with E-state index < -0.39 is 5.60 Å². The van der Waals surface area contributed by atoms with Gasteiger partial charge in [0.15, 0.2) is 5.96 Å². The summed E-state index contributed by atoms with van der Waals surface area (Å²) in [5, 5.41) is 6.70. The zero-order chi connectivity index (χ0) is 20.6. The lowest BCUT2D eigenvalue weighted by atomic mass is 10.0. The van der Waals surface area contributed by atoms with E-state index in [0.717, 1.165) is 32.5 Å². The minimum absolute atomic E-state index is 0.0243. The smallest absolute Gasteiger partial charge is 0.328 e. The van der Waals surface area contributed by atoms with Gasteiger partial charge in [-0.15, -0.1) is 0 Å². The molecule has 1 saturated heterocycles. The quantitative estimate of drug-likeness (QED) is 0.445. The fourth-order valence-electron chi connectivity index (χ4n) is 3.40. The van der Waals surface area contributed by atoms with Gasteiger partial charge in [0.05, 0.1) is 0 Å². The van der Waals surface area contributed by atoms with Crippen LogP contribution in [0.1, 0.15) is 59.1 Å². The third-order valence-electron chi connectivity index (χ3n) is 4.83. The van der Waals surface area contributed by atoms with Gasteiger partial charge in [-0.2, -0.15) is 0 Å². The Hall–Kier alpha value is -2.08. The maximum absolute atomic E-state index is 11.9. The fraction of sp³-hybridized carbons (Fsp3) is 0.636. The van der Waals surface area contributed by atoms with Gasteiger partial charge in [0.1, 0.15) is 12.1 Å². The number of hydrogen-bond donors (Lipinski definition) is 2. The molecule has 1 atom stereocenters. The third kappa shape index (κ3) is 7.50. The molecule has 0 amide bonds. The molecule has 0 bridgehead atoms. The summed E-state index contributed by atoms with van der Waals surface area (Å²) in [6, 6.07) is 11.4. The number of carbonyl (C=O) groups is 1. The number of likely N-dealkylation sites (tertiary alicyclic amines) is 1. The van der Waals surface area contributed by atoms with Crippen molar-refractivity contribution in [2.75, 3.05) is 26.2 Å². The van der Waals surface area contributed by atoms with Crippen LogP contribution in [-0.2, 0) is 9.53 Å². The number of aliphatic imine (C=N–C) groups is 1. The van der Waals surface area contributed by atoms with Crippen LogP contribution in [0.4, 0.5) is 0 Å². The van der Waals surface area contributed by atoms with E-state index in [0.29, 0.717) is 18.0 Å². The minimum atomic E-state index is -0.485. The average Bonchev–Trinajstić information content (AvgIpc) is 2.66. The molecule has 6 nitrogen and oxygen atoms in total. The highest BCUT2D eigenvalue weighted by Crippen LogP contribution is 2.23. The van der Waals surface area contributed by atoms with E-state index in [9.17, 15) is 4.79 Å². The Morgan fingerprint density at radius 3 is 2.46 bits per heavy atom. The van der Waals surface area contributed by atoms with Crippen LogP contribution < -0.4 is 10.6 Å². The summed E-state index contributed by atoms with van der Waals surface area (Å²) in [4.78, 5) is 18.8. The molecular formula is C22H36N4O2. The number of esters is 1. The molecule has 1 aromatic carbocycles. The Bertz CT molecular complexity index is 632. The highest BCUT2D eigenvalue weighted by molar-refractivity contribution is 5.83. The molecule has 0 radical (unpaired) electrons. The monoisotopic (exact) mass is 388 g/mol. The zero-order valence-electron chi connectivity index (χ0n) is 18.0. The van der Waals surface area contributed by atoms with Gasteiger partial charge in [0, 0.05) is 31.7 Å². The number of hydrogen-bond acceptors (Lipinski definition) is 4. The normalized spacial score (nSPS) is 17.8. The Kier molecular flexibility index (Phi) is 8.30. The van der Waals surface area contributed by atoms with Crippen LogP contribution in [0.3, 0.4) is 0 Å². The lowest BCUT2D eigenvalue weighted by molar-refractivity contribution is -0.152. The van der Waals surface area contributed by atoms with Crippen LogP contribution >= 0.6 is 0 Å². The number of ether oxygens (including phenoxy) is 1. The Labute approximate surface area is 169 Å². The van der Waals surface area contributed by atoms with Crippen molar-refractivity contribution < 1.29 is 9.53 Å². The Morgan fingerprint density at radius 2 is 1.89 bits per heavy atom. The molecule has 1 aliphatic rings. The van der Waals surface area contributed by atoms with Gasteiger partial charge in [-0.05, 0) is 53.0 Å². The third-order valence-corrected chi connectivity index (χ3v) is 4.83. The molecule has 0 spiro atoms. The number of nitrogens with one attached hydrogen (secondary N) is 2. The van der Waals surface area contributed by atoms with Crippen molar-refractivity contribution in [1.29, 1.82) is 0 Å². The molecule has 1 aromatic rings. The lowest BCUT2D eigenvalue weighted by Crippen LogP contribution is -2.49. The second-order valence-electron chi connectivity index (χ2n) is 8.32. The molecule has 2 rings (SSSR count). The molecule has 0 saturated carbocycles. The molecule has 1 heterocycles. The first-order valence-corrected chi connectivity index (χ1v) is 10.3. The molecule has 0 aliphatic carbocycles. The van der Waals surface area contributed by atoms with Crippen molar-refractivity contribution in [3.05, 3.63) is 35.9 Å². The maximum Gasteiger partial charge on any atom is 0.328 e. The number of carbonyl (C=O) groups excluding carboxylic acids is 1. The molecule has 6 heteroatoms. The summed E-state index contributed by atoms with van der Waals surface area (Å²) in [7, 11) is 0. The number of guanidine groups is 1. The zero-order valence-corrected chi connectivity index (χ0v) is 18.0. The van der Waals surface area contributed by atoms with Crippen molar-refractivity contribution in [1.82, 2.24) is 15.5 Å². The lowest BCUT2D eigenvalue weighted by Gasteiger charge is -2.37. The summed E-state index contributed by atoms with van der Waals surface area (Å²) < 4.78 is 5.33. The van der Waals surface area contributed by atoms with E-state index in [4.69, 9.17) is 4.74 Å². The standard InChI is InChI=1S/C22H36N4O2/c1-6-23-21(24-16-20(27)28-22(3,4)5)25-19-12-14-26(15-13-19)17(2)18-10-8-7-9-11-18/h7-11,17,19H,6,12-16H2,1-5H3,(H2,23,24,25). The number of benzene rings is 1. The summed E-state index contributed by atoms with van der Waals surface area (Å²) in [6.45, 7) is 12.7. The Morgan fingerprint density at radius 1 is 1.25 bits per heavy atom. The summed E-state index contributed by atoms with van der Waals surface area (Å²) in [6.07, 6.45) is 2.10. The van der Waals surface area contributed by atoms with E-state index >= 15 is 0 Å². The van der Waals surface area contributed by atoms with Crippen molar-refractivity contribution in [2.24, 2.45) is 4.99 Å². The predicted molar refractivity (Wildman–Crippen MR) is 114 cm³/mol. The van der Waals surface area contributed by atoms with Crippen LogP contribution in [0.25, 0.3) is 0 Å². The molecule has 28 heavy (non-hydrogen) atoms. The van der Waals surface area contributed by atoms with Gasteiger partial charge in [-0.3, -0.25) is 9.69 Å². The summed E-state index contributed by atoms with van der Waals surface area (Å²) >= 11 is 0. The van der Waals surface area contributed by atoms with Gasteiger partial charge in [0.2, 0.25) is 0 Å². The van der Waals surface area contributed by atoms with E-state index in [1.54, 1.807) is 0 Å². The number of piperidine rings is 1. The molecular weight excluding hydrogens is 352 g/mol. The predicted octanol–water partition coefficient (Wildman–Crippen LogP) is 3.11. The summed E-state index contributed by atoms with van der Waals surface area (Å²) in [5.74, 6) is 0.374. The van der Waals surface area contributed by atoms with Crippen LogP contribution in [-0.4, -0.2) is 54.7 Å². The second-order valence-corrected chi connectivity index (χ2v) is 8.32. The highest BCUT2D eigenvalue weighted by atomic mass is 16.6. The number of rotatable bonds is 6. The SMILES string of the molecule is CCNC(=NCC(=O)OC(C)(C)C)NC1CCN(C(C)c2ccccc2)CC1. The molecule has 1 unspecified atom stereocenters. The second kappa shape index (κ2) is 10.5. The largest absolute Gasteiger partial charge is 0.459 e. The van der Waals surface area contributed by atoms with Crippen LogP contribution in [0.2, 0.25) is 0 Å². The van der Waals surface area contributed by atoms with Gasteiger partial charge >= 0.3 is 5.97 Å². The van der Waals surface area contributed by atoms with Gasteiger partial charge < -0.3 is 15.4 Å². The highest BCUT2D eigenvalue weighted by Gasteiger charge is 2.24. The van der Waals surface area contributed by atoms with Crippen molar-refractivity contribution in [3.8, 4) is 0 Å². The number of nitrogens with zero attached hydrogens (tertiary/aromatic N) is 2. The van der Waals surface area contributed by atoms with E-state index in [1.807, 2.05) is 27.7 Å². The molecule has 0 aromatic heterocycles.